The molecule has 0 amide bonds. The Hall–Kier alpha value is -1.81. The van der Waals surface area contributed by atoms with Gasteiger partial charge < -0.3 is 5.73 Å². The lowest BCUT2D eigenvalue weighted by Gasteiger charge is -2.12. The topological polar surface area (TPSA) is 64.7 Å². The average Bonchev–Trinajstić information content (AvgIpc) is 2.38. The van der Waals surface area contributed by atoms with E-state index < -0.39 is 0 Å². The molecule has 4 heteroatoms. The van der Waals surface area contributed by atoms with Crippen LogP contribution in [0.15, 0.2) is 24.5 Å². The zero-order chi connectivity index (χ0) is 13.1. The minimum Gasteiger partial charge on any atom is -0.326 e. The Labute approximate surface area is 107 Å². The van der Waals surface area contributed by atoms with E-state index in [4.69, 9.17) is 5.73 Å². The molecule has 0 aliphatic rings. The lowest BCUT2D eigenvalue weighted by molar-refractivity contribution is 0.786. The number of aromatic nitrogens is 3. The molecule has 2 N–H and O–H groups in total. The summed E-state index contributed by atoms with van der Waals surface area (Å²) in [6, 6.07) is 3.92. The standard InChI is InChI=1S/C14H18N4/c1-9(2)12-11(7-15)8-17-14(18-12)13-10(3)5-4-6-16-13/h4-6,8-9H,7,15H2,1-3H3. The van der Waals surface area contributed by atoms with Crippen molar-refractivity contribution in [2.45, 2.75) is 33.2 Å². The first-order chi connectivity index (χ1) is 8.63. The molecule has 0 saturated heterocycles. The highest BCUT2D eigenvalue weighted by molar-refractivity contribution is 5.54. The van der Waals surface area contributed by atoms with Crippen molar-refractivity contribution in [3.8, 4) is 11.5 Å². The SMILES string of the molecule is Cc1cccnc1-c1ncc(CN)c(C(C)C)n1. The number of pyridine rings is 1. The maximum Gasteiger partial charge on any atom is 0.178 e. The first-order valence-electron chi connectivity index (χ1n) is 6.11. The van der Waals surface area contributed by atoms with Crippen LogP contribution in [0.3, 0.4) is 0 Å². The molecule has 0 unspecified atom stereocenters. The van der Waals surface area contributed by atoms with Crippen LogP contribution in [0.2, 0.25) is 0 Å². The number of rotatable bonds is 3. The summed E-state index contributed by atoms with van der Waals surface area (Å²) in [4.78, 5) is 13.3. The molecule has 2 rings (SSSR count). The molecule has 94 valence electrons. The van der Waals surface area contributed by atoms with Gasteiger partial charge in [-0.2, -0.15) is 0 Å². The zero-order valence-corrected chi connectivity index (χ0v) is 11.0. The summed E-state index contributed by atoms with van der Waals surface area (Å²) in [7, 11) is 0. The monoisotopic (exact) mass is 242 g/mol. The summed E-state index contributed by atoms with van der Waals surface area (Å²) >= 11 is 0. The number of nitrogens with zero attached hydrogens (tertiary/aromatic N) is 3. The highest BCUT2D eigenvalue weighted by Crippen LogP contribution is 2.21. The van der Waals surface area contributed by atoms with E-state index >= 15 is 0 Å². The van der Waals surface area contributed by atoms with Crippen molar-refractivity contribution in [1.29, 1.82) is 0 Å². The largest absolute Gasteiger partial charge is 0.326 e. The summed E-state index contributed by atoms with van der Waals surface area (Å²) in [5.74, 6) is 1.00. The van der Waals surface area contributed by atoms with Gasteiger partial charge >= 0.3 is 0 Å². The second-order valence-electron chi connectivity index (χ2n) is 4.63. The quantitative estimate of drug-likeness (QED) is 0.897. The number of hydrogen-bond acceptors (Lipinski definition) is 4. The first-order valence-corrected chi connectivity index (χ1v) is 6.11. The fourth-order valence-electron chi connectivity index (χ4n) is 1.91. The minimum absolute atomic E-state index is 0.328. The number of aryl methyl sites for hydroxylation is 1. The van der Waals surface area contributed by atoms with Crippen molar-refractivity contribution in [2.24, 2.45) is 5.73 Å². The van der Waals surface area contributed by atoms with Gasteiger partial charge in [-0.1, -0.05) is 19.9 Å². The van der Waals surface area contributed by atoms with Crippen molar-refractivity contribution in [2.75, 3.05) is 0 Å². The lowest BCUT2D eigenvalue weighted by atomic mass is 10.0. The average molecular weight is 242 g/mol. The van der Waals surface area contributed by atoms with E-state index in [1.54, 1.807) is 6.20 Å². The summed E-state index contributed by atoms with van der Waals surface area (Å²) in [6.07, 6.45) is 3.57. The number of hydrogen-bond donors (Lipinski definition) is 1. The van der Waals surface area contributed by atoms with Crippen LogP contribution in [0.4, 0.5) is 0 Å². The number of nitrogens with two attached hydrogens (primary N) is 1. The van der Waals surface area contributed by atoms with Crippen molar-refractivity contribution in [3.05, 3.63) is 41.3 Å². The van der Waals surface area contributed by atoms with Crippen molar-refractivity contribution >= 4 is 0 Å². The molecule has 2 aromatic rings. The fourth-order valence-corrected chi connectivity index (χ4v) is 1.91. The molecule has 4 nitrogen and oxygen atoms in total. The van der Waals surface area contributed by atoms with E-state index in [0.717, 1.165) is 22.5 Å². The van der Waals surface area contributed by atoms with Crippen molar-refractivity contribution in [3.63, 3.8) is 0 Å². The molecule has 0 spiro atoms. The molecule has 0 atom stereocenters. The smallest absolute Gasteiger partial charge is 0.178 e. The summed E-state index contributed by atoms with van der Waals surface area (Å²) < 4.78 is 0. The van der Waals surface area contributed by atoms with Crippen LogP contribution in [0, 0.1) is 6.92 Å². The van der Waals surface area contributed by atoms with Gasteiger partial charge in [0, 0.05) is 24.5 Å². The highest BCUT2D eigenvalue weighted by Gasteiger charge is 2.12. The third-order valence-corrected chi connectivity index (χ3v) is 2.89. The highest BCUT2D eigenvalue weighted by atomic mass is 14.9. The Bertz CT molecular complexity index is 549. The Morgan fingerprint density at radius 1 is 1.28 bits per heavy atom. The molecule has 0 aliphatic heterocycles. The summed E-state index contributed by atoms with van der Waals surface area (Å²) in [5.41, 5.74) is 9.63. The van der Waals surface area contributed by atoms with E-state index in [9.17, 15) is 0 Å². The second kappa shape index (κ2) is 5.23. The normalized spacial score (nSPS) is 10.9. The van der Waals surface area contributed by atoms with Crippen molar-refractivity contribution in [1.82, 2.24) is 15.0 Å². The molecule has 0 aliphatic carbocycles. The van der Waals surface area contributed by atoms with Gasteiger partial charge in [0.1, 0.15) is 5.69 Å². The van der Waals surface area contributed by atoms with Gasteiger partial charge in [-0.3, -0.25) is 4.98 Å². The maximum atomic E-state index is 5.71. The van der Waals surface area contributed by atoms with E-state index in [1.807, 2.05) is 25.3 Å². The molecule has 0 fully saturated rings. The van der Waals surface area contributed by atoms with Crippen LogP contribution in [-0.2, 0) is 6.54 Å². The van der Waals surface area contributed by atoms with Crippen LogP contribution in [-0.4, -0.2) is 15.0 Å². The Kier molecular flexibility index (Phi) is 3.67. The lowest BCUT2D eigenvalue weighted by Crippen LogP contribution is -2.08. The Morgan fingerprint density at radius 2 is 2.06 bits per heavy atom. The molecule has 0 saturated carbocycles. The van der Waals surface area contributed by atoms with Gasteiger partial charge in [0.2, 0.25) is 0 Å². The molecule has 0 radical (unpaired) electrons. The third kappa shape index (κ3) is 2.38. The van der Waals surface area contributed by atoms with Gasteiger partial charge in [0.15, 0.2) is 5.82 Å². The van der Waals surface area contributed by atoms with Crippen LogP contribution in [0.5, 0.6) is 0 Å². The first kappa shape index (κ1) is 12.6. The van der Waals surface area contributed by atoms with Gasteiger partial charge in [0.25, 0.3) is 0 Å². The summed E-state index contributed by atoms with van der Waals surface area (Å²) in [5, 5.41) is 0. The van der Waals surface area contributed by atoms with E-state index in [1.165, 1.54) is 0 Å². The predicted molar refractivity (Wildman–Crippen MR) is 72.0 cm³/mol. The maximum absolute atomic E-state index is 5.71. The third-order valence-electron chi connectivity index (χ3n) is 2.89. The van der Waals surface area contributed by atoms with Crippen molar-refractivity contribution < 1.29 is 0 Å². The summed E-state index contributed by atoms with van der Waals surface area (Å²) in [6.45, 7) is 6.69. The van der Waals surface area contributed by atoms with Gasteiger partial charge in [-0.05, 0) is 24.5 Å². The van der Waals surface area contributed by atoms with E-state index in [2.05, 4.69) is 28.8 Å². The second-order valence-corrected chi connectivity index (χ2v) is 4.63. The van der Waals surface area contributed by atoms with Crippen LogP contribution >= 0.6 is 0 Å². The molecule has 2 aromatic heterocycles. The van der Waals surface area contributed by atoms with Crippen LogP contribution in [0.1, 0.15) is 36.6 Å². The molecule has 0 aromatic carbocycles. The minimum atomic E-state index is 0.328. The van der Waals surface area contributed by atoms with Gasteiger partial charge in [0.05, 0.1) is 5.69 Å². The zero-order valence-electron chi connectivity index (χ0n) is 11.0. The molecule has 0 bridgehead atoms. The predicted octanol–water partition coefficient (Wildman–Crippen LogP) is 2.43. The van der Waals surface area contributed by atoms with E-state index in [0.29, 0.717) is 18.3 Å². The molecular formula is C14H18N4. The Balaban J connectivity index is 2.54. The Morgan fingerprint density at radius 3 is 2.67 bits per heavy atom. The van der Waals surface area contributed by atoms with Gasteiger partial charge in [-0.15, -0.1) is 0 Å². The molecule has 2 heterocycles. The molecule has 18 heavy (non-hydrogen) atoms. The molecular weight excluding hydrogens is 224 g/mol. The van der Waals surface area contributed by atoms with Crippen LogP contribution in [0.25, 0.3) is 11.5 Å². The van der Waals surface area contributed by atoms with Gasteiger partial charge in [-0.25, -0.2) is 9.97 Å². The van der Waals surface area contributed by atoms with Crippen LogP contribution < -0.4 is 5.73 Å². The fraction of sp³-hybridized carbons (Fsp3) is 0.357. The van der Waals surface area contributed by atoms with E-state index in [-0.39, 0.29) is 0 Å².